The van der Waals surface area contributed by atoms with Crippen LogP contribution in [0.5, 0.6) is 0 Å². The highest BCUT2D eigenvalue weighted by Crippen LogP contribution is 1.68. The van der Waals surface area contributed by atoms with Crippen LogP contribution in [0.25, 0.3) is 0 Å². The van der Waals surface area contributed by atoms with Gasteiger partial charge in [-0.05, 0) is 13.5 Å². The average molecular weight is 158 g/mol. The van der Waals surface area contributed by atoms with Crippen molar-refractivity contribution >= 4 is 5.91 Å². The number of rotatable bonds is 5. The van der Waals surface area contributed by atoms with Crippen molar-refractivity contribution in [3.05, 3.63) is 12.2 Å². The zero-order valence-electron chi connectivity index (χ0n) is 7.18. The summed E-state index contributed by atoms with van der Waals surface area (Å²) < 4.78 is 0. The van der Waals surface area contributed by atoms with E-state index in [0.29, 0.717) is 13.1 Å². The number of hydrogen-bond donors (Lipinski definition) is 2. The van der Waals surface area contributed by atoms with E-state index in [-0.39, 0.29) is 7.33 Å². The Morgan fingerprint density at radius 2 is 2.36 bits per heavy atom. The first-order valence-electron chi connectivity index (χ1n) is 3.89. The molecule has 0 unspecified atom stereocenters. The summed E-state index contributed by atoms with van der Waals surface area (Å²) in [4.78, 5) is 10.9. The summed E-state index contributed by atoms with van der Waals surface area (Å²) in [6, 6.07) is 0. The third-order valence-electron chi connectivity index (χ3n) is 1.19. The molecule has 0 spiro atoms. The topological polar surface area (TPSA) is 41.1 Å². The number of carbonyl (C=O) groups is 1. The van der Waals surface area contributed by atoms with Crippen LogP contribution >= 0.6 is 0 Å². The van der Waals surface area contributed by atoms with Crippen LogP contribution in [-0.4, -0.2) is 25.5 Å². The predicted molar refractivity (Wildman–Crippen MR) is 48.5 cm³/mol. The van der Waals surface area contributed by atoms with E-state index in [1.807, 2.05) is 26.0 Å². The molecule has 0 saturated carbocycles. The van der Waals surface area contributed by atoms with Gasteiger partial charge in [0.2, 0.25) is 5.91 Å². The van der Waals surface area contributed by atoms with Crippen LogP contribution in [0.4, 0.5) is 0 Å². The van der Waals surface area contributed by atoms with Gasteiger partial charge in [-0.1, -0.05) is 19.1 Å². The maximum Gasteiger partial charge on any atom is 0.234 e. The maximum absolute atomic E-state index is 10.9. The average Bonchev–Trinajstić information content (AvgIpc) is 2.01. The van der Waals surface area contributed by atoms with E-state index in [4.69, 9.17) is 0 Å². The van der Waals surface area contributed by atoms with Crippen molar-refractivity contribution in [2.24, 2.45) is 0 Å². The Kier molecular flexibility index (Phi) is 6.73. The van der Waals surface area contributed by atoms with Crippen LogP contribution in [0.1, 0.15) is 15.3 Å². The Balaban J connectivity index is 0. The van der Waals surface area contributed by atoms with Crippen LogP contribution < -0.4 is 10.6 Å². The fraction of sp³-hybridized carbons (Fsp3) is 0.625. The van der Waals surface area contributed by atoms with Gasteiger partial charge in [0.1, 0.15) is 0 Å². The molecule has 0 aliphatic carbocycles. The van der Waals surface area contributed by atoms with Gasteiger partial charge in [0.25, 0.3) is 0 Å². The Morgan fingerprint density at radius 3 is 2.91 bits per heavy atom. The van der Waals surface area contributed by atoms with Gasteiger partial charge in [-0.15, -0.1) is 0 Å². The molecular formula is C8H18N2O. The number of likely N-dealkylation sites (N-methyl/N-ethyl adjacent to an activating group) is 1. The van der Waals surface area contributed by atoms with E-state index in [0.717, 1.165) is 6.54 Å². The molecule has 11 heavy (non-hydrogen) atoms. The molecule has 0 rings (SSSR count). The maximum atomic E-state index is 10.9. The molecule has 0 aliphatic heterocycles. The minimum atomic E-state index is 0. The molecular weight excluding hydrogens is 140 g/mol. The van der Waals surface area contributed by atoms with E-state index in [9.17, 15) is 4.79 Å². The fourth-order valence-electron chi connectivity index (χ4n) is 0.592. The lowest BCUT2D eigenvalue weighted by Gasteiger charge is -2.01. The summed E-state index contributed by atoms with van der Waals surface area (Å²) in [5.41, 5.74) is 0. The van der Waals surface area contributed by atoms with Crippen molar-refractivity contribution in [1.29, 1.82) is 0 Å². The van der Waals surface area contributed by atoms with Gasteiger partial charge >= 0.3 is 0 Å². The standard InChI is InChI=1S/C8H16N2O.H2/c1-3-5-6-10-8(11)7-9-4-2;/h3,5,9H,4,6-7H2,1-2H3,(H,10,11);1H/b5-3+;. The molecule has 1 amide bonds. The Bertz CT molecular complexity index is 137. The van der Waals surface area contributed by atoms with E-state index < -0.39 is 0 Å². The molecule has 0 saturated heterocycles. The lowest BCUT2D eigenvalue weighted by atomic mass is 10.5. The zero-order valence-corrected chi connectivity index (χ0v) is 7.18. The molecule has 0 radical (unpaired) electrons. The predicted octanol–water partition coefficient (Wildman–Crippen LogP) is 0.534. The van der Waals surface area contributed by atoms with Crippen LogP contribution in [-0.2, 0) is 4.79 Å². The lowest BCUT2D eigenvalue weighted by molar-refractivity contribution is -0.120. The van der Waals surface area contributed by atoms with Crippen LogP contribution in [0.2, 0.25) is 0 Å². The quantitative estimate of drug-likeness (QED) is 0.573. The highest BCUT2D eigenvalue weighted by molar-refractivity contribution is 5.78. The first-order chi connectivity index (χ1) is 5.31. The Hall–Kier alpha value is -0.830. The summed E-state index contributed by atoms with van der Waals surface area (Å²) in [5.74, 6) is 0.0463. The summed E-state index contributed by atoms with van der Waals surface area (Å²) in [7, 11) is 0. The number of amides is 1. The second-order valence-corrected chi connectivity index (χ2v) is 2.15. The molecule has 3 nitrogen and oxygen atoms in total. The molecule has 0 aliphatic rings. The summed E-state index contributed by atoms with van der Waals surface area (Å²) in [6.07, 6.45) is 3.82. The van der Waals surface area contributed by atoms with Crippen molar-refractivity contribution in [2.45, 2.75) is 13.8 Å². The first kappa shape index (κ1) is 10.2. The number of hydrogen-bond acceptors (Lipinski definition) is 2. The van der Waals surface area contributed by atoms with Gasteiger partial charge in [0, 0.05) is 7.97 Å². The smallest absolute Gasteiger partial charge is 0.234 e. The molecule has 66 valence electrons. The van der Waals surface area contributed by atoms with E-state index in [2.05, 4.69) is 10.6 Å². The van der Waals surface area contributed by atoms with Gasteiger partial charge in [0.15, 0.2) is 0 Å². The number of allylic oxidation sites excluding steroid dienone is 1. The fourth-order valence-corrected chi connectivity index (χ4v) is 0.592. The monoisotopic (exact) mass is 158 g/mol. The Morgan fingerprint density at radius 1 is 1.64 bits per heavy atom. The molecule has 0 heterocycles. The van der Waals surface area contributed by atoms with Gasteiger partial charge < -0.3 is 10.6 Å². The first-order valence-corrected chi connectivity index (χ1v) is 3.89. The van der Waals surface area contributed by atoms with Gasteiger partial charge in [-0.25, -0.2) is 0 Å². The molecule has 2 N–H and O–H groups in total. The van der Waals surface area contributed by atoms with E-state index >= 15 is 0 Å². The van der Waals surface area contributed by atoms with Gasteiger partial charge in [-0.3, -0.25) is 4.79 Å². The van der Waals surface area contributed by atoms with Crippen molar-refractivity contribution in [3.63, 3.8) is 0 Å². The highest BCUT2D eigenvalue weighted by Gasteiger charge is 1.94. The second-order valence-electron chi connectivity index (χ2n) is 2.15. The van der Waals surface area contributed by atoms with Crippen LogP contribution in [0.15, 0.2) is 12.2 Å². The molecule has 0 aromatic heterocycles. The molecule has 0 bridgehead atoms. The minimum absolute atomic E-state index is 0. The van der Waals surface area contributed by atoms with Crippen LogP contribution in [0, 0.1) is 0 Å². The zero-order chi connectivity index (χ0) is 8.53. The van der Waals surface area contributed by atoms with Crippen molar-refractivity contribution in [1.82, 2.24) is 10.6 Å². The molecule has 0 fully saturated rings. The van der Waals surface area contributed by atoms with Crippen molar-refractivity contribution < 1.29 is 6.22 Å². The lowest BCUT2D eigenvalue weighted by Crippen LogP contribution is -2.33. The molecule has 0 aromatic carbocycles. The molecule has 0 atom stereocenters. The van der Waals surface area contributed by atoms with Crippen molar-refractivity contribution in [2.75, 3.05) is 19.6 Å². The summed E-state index contributed by atoms with van der Waals surface area (Å²) >= 11 is 0. The molecule has 3 heteroatoms. The van der Waals surface area contributed by atoms with E-state index in [1.165, 1.54) is 0 Å². The Labute approximate surface area is 69.4 Å². The van der Waals surface area contributed by atoms with Gasteiger partial charge in [0.05, 0.1) is 6.54 Å². The highest BCUT2D eigenvalue weighted by atomic mass is 16.1. The third-order valence-corrected chi connectivity index (χ3v) is 1.19. The normalized spacial score (nSPS) is 10.4. The second kappa shape index (κ2) is 7.28. The summed E-state index contributed by atoms with van der Waals surface area (Å²) in [6.45, 7) is 5.77. The van der Waals surface area contributed by atoms with E-state index in [1.54, 1.807) is 0 Å². The van der Waals surface area contributed by atoms with Crippen molar-refractivity contribution in [3.8, 4) is 0 Å². The number of carbonyl (C=O) groups excluding carboxylic acids is 1. The minimum Gasteiger partial charge on any atom is -0.352 e. The largest absolute Gasteiger partial charge is 0.352 e. The third kappa shape index (κ3) is 7.06. The number of nitrogens with one attached hydrogen (secondary N) is 2. The van der Waals surface area contributed by atoms with Crippen LogP contribution in [0.3, 0.4) is 0 Å². The van der Waals surface area contributed by atoms with Gasteiger partial charge in [-0.2, -0.15) is 0 Å². The molecule has 0 aromatic rings. The SMILES string of the molecule is C/C=C/CNC(=O)CNCC.[HH]. The summed E-state index contributed by atoms with van der Waals surface area (Å²) in [5, 5.41) is 5.67.